The minimum Gasteiger partial charge on any atom is -0.391 e. The van der Waals surface area contributed by atoms with Crippen molar-refractivity contribution in [1.29, 1.82) is 0 Å². The zero-order chi connectivity index (χ0) is 35.5. The van der Waals surface area contributed by atoms with Gasteiger partial charge in [-0.2, -0.15) is 0 Å². The van der Waals surface area contributed by atoms with Gasteiger partial charge in [0, 0.05) is 25.6 Å². The van der Waals surface area contributed by atoms with Crippen LogP contribution in [0.15, 0.2) is 40.9 Å². The number of hydrogen-bond acceptors (Lipinski definition) is 9. The Bertz CT molecular complexity index is 1480. The molecule has 15 heteroatoms. The summed E-state index contributed by atoms with van der Waals surface area (Å²) in [6.07, 6.45) is 0.926. The monoisotopic (exact) mass is 681 g/mol. The average molecular weight is 682 g/mol. The summed E-state index contributed by atoms with van der Waals surface area (Å²) in [5, 5.41) is 27.9. The highest BCUT2D eigenvalue weighted by Gasteiger charge is 2.39. The topological polar surface area (TPSA) is 212 Å². The van der Waals surface area contributed by atoms with Gasteiger partial charge >= 0.3 is 0 Å². The third-order valence-corrected chi connectivity index (χ3v) is 8.72. The van der Waals surface area contributed by atoms with Gasteiger partial charge < -0.3 is 41.1 Å². The first-order chi connectivity index (χ1) is 23.5. The lowest BCUT2D eigenvalue weighted by Crippen LogP contribution is -2.61. The van der Waals surface area contributed by atoms with Crippen molar-refractivity contribution in [2.45, 2.75) is 108 Å². The molecule has 49 heavy (non-hydrogen) atoms. The standard InChI is InChI=1S/C34H47N7O8/c1-4-24-30(44)39-29(21(3)42)33(47)38-26(18-22-11-6-5-7-12-22)34(48)41-16-10-14-27(41)32(46)35-15-9-8-13-25(31(45)37-24)36-28(43)19-23-17-20(2)40-49-23/h5-7,11-12,17,21,24-27,29,42H,4,8-10,13-16,18-19H2,1-3H3,(H,35,46)(H,36,43)(H,37,45)(H,38,47)(H,39,44)/t21-,24+,25+,26-,27+,29+/m1/s1. The maximum absolute atomic E-state index is 14.0. The molecule has 0 saturated carbocycles. The van der Waals surface area contributed by atoms with Crippen molar-refractivity contribution < 1.29 is 38.4 Å². The molecule has 2 aliphatic heterocycles. The smallest absolute Gasteiger partial charge is 0.246 e. The van der Waals surface area contributed by atoms with E-state index in [1.807, 2.05) is 30.3 Å². The average Bonchev–Trinajstić information content (AvgIpc) is 3.73. The van der Waals surface area contributed by atoms with Crippen molar-refractivity contribution >= 4 is 35.4 Å². The van der Waals surface area contributed by atoms with Crippen molar-refractivity contribution in [2.24, 2.45) is 0 Å². The molecule has 1 aromatic heterocycles. The van der Waals surface area contributed by atoms with Gasteiger partial charge in [0.15, 0.2) is 0 Å². The predicted octanol–water partition coefficient (Wildman–Crippen LogP) is -0.211. The van der Waals surface area contributed by atoms with Gasteiger partial charge in [0.25, 0.3) is 0 Å². The summed E-state index contributed by atoms with van der Waals surface area (Å²) in [6.45, 7) is 5.32. The number of hydrogen-bond donors (Lipinski definition) is 6. The molecule has 3 heterocycles. The Kier molecular flexibility index (Phi) is 13.3. The molecule has 2 fully saturated rings. The van der Waals surface area contributed by atoms with Crippen LogP contribution in [0.3, 0.4) is 0 Å². The fourth-order valence-electron chi connectivity index (χ4n) is 6.07. The Balaban J connectivity index is 1.58. The first-order valence-electron chi connectivity index (χ1n) is 16.9. The Morgan fingerprint density at radius 2 is 1.71 bits per heavy atom. The Hall–Kier alpha value is -4.79. The highest BCUT2D eigenvalue weighted by molar-refractivity contribution is 5.97. The summed E-state index contributed by atoms with van der Waals surface area (Å²) >= 11 is 0. The number of amides is 6. The van der Waals surface area contributed by atoms with Crippen LogP contribution in [0.2, 0.25) is 0 Å². The van der Waals surface area contributed by atoms with Gasteiger partial charge in [-0.05, 0) is 57.9 Å². The van der Waals surface area contributed by atoms with Gasteiger partial charge in [0.2, 0.25) is 35.4 Å². The SMILES string of the molecule is CC[C@@H]1NC(=O)[C@@H](NC(=O)Cc2cc(C)no2)CCCCNC(=O)[C@@H]2CCCN2C(=O)[C@@H](Cc2ccccc2)NC(=O)[C@H]([C@@H](C)O)NC1=O. The number of fused-ring (bicyclic) bond motifs is 1. The number of aromatic nitrogens is 1. The zero-order valence-corrected chi connectivity index (χ0v) is 28.2. The van der Waals surface area contributed by atoms with Crippen LogP contribution in [-0.2, 0) is 41.6 Å². The number of rotatable bonds is 7. The normalized spacial score (nSPS) is 25.4. The summed E-state index contributed by atoms with van der Waals surface area (Å²) in [5.41, 5.74) is 1.37. The Labute approximate surface area is 285 Å². The van der Waals surface area contributed by atoms with E-state index < -0.39 is 65.8 Å². The first-order valence-corrected chi connectivity index (χ1v) is 16.9. The van der Waals surface area contributed by atoms with Gasteiger partial charge in [0.05, 0.1) is 18.2 Å². The second-order valence-corrected chi connectivity index (χ2v) is 12.7. The summed E-state index contributed by atoms with van der Waals surface area (Å²) in [6, 6.07) is 5.27. The van der Waals surface area contributed by atoms with E-state index in [2.05, 4.69) is 31.7 Å². The second-order valence-electron chi connectivity index (χ2n) is 12.7. The van der Waals surface area contributed by atoms with Crippen LogP contribution in [0.1, 0.15) is 69.4 Å². The van der Waals surface area contributed by atoms with Crippen LogP contribution in [0.25, 0.3) is 0 Å². The van der Waals surface area contributed by atoms with E-state index in [-0.39, 0.29) is 38.1 Å². The molecule has 0 radical (unpaired) electrons. The van der Waals surface area contributed by atoms with Gasteiger partial charge in [-0.25, -0.2) is 0 Å². The number of aliphatic hydroxyl groups is 1. The van der Waals surface area contributed by atoms with E-state index in [0.29, 0.717) is 43.7 Å². The maximum Gasteiger partial charge on any atom is 0.246 e. The molecule has 2 saturated heterocycles. The predicted molar refractivity (Wildman–Crippen MR) is 176 cm³/mol. The van der Waals surface area contributed by atoms with E-state index in [0.717, 1.165) is 5.56 Å². The van der Waals surface area contributed by atoms with Gasteiger partial charge in [-0.15, -0.1) is 0 Å². The second kappa shape index (κ2) is 17.6. The van der Waals surface area contributed by atoms with Gasteiger partial charge in [0.1, 0.15) is 36.0 Å². The van der Waals surface area contributed by atoms with Crippen molar-refractivity contribution in [3.63, 3.8) is 0 Å². The molecule has 2 aliphatic rings. The van der Waals surface area contributed by atoms with E-state index >= 15 is 0 Å². The van der Waals surface area contributed by atoms with Crippen molar-refractivity contribution in [3.8, 4) is 0 Å². The van der Waals surface area contributed by atoms with Gasteiger partial charge in [-0.1, -0.05) is 42.4 Å². The molecule has 0 bridgehead atoms. The fourth-order valence-corrected chi connectivity index (χ4v) is 6.07. The Morgan fingerprint density at radius 3 is 2.39 bits per heavy atom. The molecule has 6 amide bonds. The van der Waals surface area contributed by atoms with E-state index in [4.69, 9.17) is 4.52 Å². The van der Waals surface area contributed by atoms with Crippen LogP contribution < -0.4 is 26.6 Å². The summed E-state index contributed by atoms with van der Waals surface area (Å²) in [5.74, 6) is -3.06. The highest BCUT2D eigenvalue weighted by atomic mass is 16.5. The van der Waals surface area contributed by atoms with Crippen molar-refractivity contribution in [3.05, 3.63) is 53.4 Å². The van der Waals surface area contributed by atoms with Crippen molar-refractivity contribution in [1.82, 2.24) is 36.6 Å². The molecule has 6 atom stereocenters. The molecule has 0 unspecified atom stereocenters. The molecule has 2 aromatic rings. The van der Waals surface area contributed by atoms with Gasteiger partial charge in [-0.3, -0.25) is 28.8 Å². The highest BCUT2D eigenvalue weighted by Crippen LogP contribution is 2.20. The van der Waals surface area contributed by atoms with Crippen LogP contribution >= 0.6 is 0 Å². The summed E-state index contributed by atoms with van der Waals surface area (Å²) < 4.78 is 5.13. The molecule has 4 rings (SSSR count). The minimum atomic E-state index is -1.47. The van der Waals surface area contributed by atoms with E-state index in [1.165, 1.54) is 11.8 Å². The maximum atomic E-state index is 14.0. The number of nitrogens with one attached hydrogen (secondary N) is 5. The lowest BCUT2D eigenvalue weighted by atomic mass is 10.0. The summed E-state index contributed by atoms with van der Waals surface area (Å²) in [4.78, 5) is 82.2. The number of benzene rings is 1. The molecular formula is C34H47N7O8. The number of aryl methyl sites for hydroxylation is 1. The lowest BCUT2D eigenvalue weighted by Gasteiger charge is -2.30. The number of carbonyl (C=O) groups excluding carboxylic acids is 6. The zero-order valence-electron chi connectivity index (χ0n) is 28.2. The molecule has 0 spiro atoms. The Morgan fingerprint density at radius 1 is 0.980 bits per heavy atom. The molecule has 0 aliphatic carbocycles. The largest absolute Gasteiger partial charge is 0.391 e. The van der Waals surface area contributed by atoms with Crippen LogP contribution in [-0.4, -0.2) is 100 Å². The molecule has 1 aromatic carbocycles. The number of carbonyl (C=O) groups is 6. The van der Waals surface area contributed by atoms with E-state index in [9.17, 15) is 33.9 Å². The molecule has 15 nitrogen and oxygen atoms in total. The van der Waals surface area contributed by atoms with Crippen LogP contribution in [0, 0.1) is 6.92 Å². The molecule has 266 valence electrons. The fraction of sp³-hybridized carbons (Fsp3) is 0.559. The molecule has 6 N–H and O–H groups in total. The summed E-state index contributed by atoms with van der Waals surface area (Å²) in [7, 11) is 0. The van der Waals surface area contributed by atoms with E-state index in [1.54, 1.807) is 19.9 Å². The third-order valence-electron chi connectivity index (χ3n) is 8.72. The van der Waals surface area contributed by atoms with Crippen LogP contribution in [0.5, 0.6) is 0 Å². The quantitative estimate of drug-likeness (QED) is 0.228. The molecular weight excluding hydrogens is 634 g/mol. The lowest BCUT2D eigenvalue weighted by molar-refractivity contribution is -0.142. The van der Waals surface area contributed by atoms with Crippen molar-refractivity contribution in [2.75, 3.05) is 13.1 Å². The first kappa shape index (κ1) is 37.0. The minimum absolute atomic E-state index is 0.119. The third kappa shape index (κ3) is 10.3. The van der Waals surface area contributed by atoms with Crippen LogP contribution in [0.4, 0.5) is 0 Å². The number of nitrogens with zero attached hydrogens (tertiary/aromatic N) is 2. The number of aliphatic hydroxyl groups excluding tert-OH is 1.